The van der Waals surface area contributed by atoms with Gasteiger partial charge in [-0.25, -0.2) is 0 Å². The number of rotatable bonds is 6. The fraction of sp³-hybridized carbons (Fsp3) is 0.909. The van der Waals surface area contributed by atoms with E-state index in [1.54, 1.807) is 0 Å². The fourth-order valence-electron chi connectivity index (χ4n) is 1.69. The van der Waals surface area contributed by atoms with Crippen molar-refractivity contribution < 1.29 is 4.79 Å². The molecule has 0 bridgehead atoms. The van der Waals surface area contributed by atoms with Crippen LogP contribution in [0.4, 0.5) is 0 Å². The second-order valence-electron chi connectivity index (χ2n) is 4.45. The Kier molecular flexibility index (Phi) is 5.20. The Balaban J connectivity index is 2.38. The van der Waals surface area contributed by atoms with E-state index in [-0.39, 0.29) is 5.91 Å². The van der Waals surface area contributed by atoms with Crippen LogP contribution in [0.5, 0.6) is 0 Å². The van der Waals surface area contributed by atoms with Crippen LogP contribution in [-0.4, -0.2) is 23.2 Å². The fourth-order valence-corrected chi connectivity index (χ4v) is 2.48. The third-order valence-corrected chi connectivity index (χ3v) is 4.31. The van der Waals surface area contributed by atoms with Crippen LogP contribution in [-0.2, 0) is 4.79 Å². The van der Waals surface area contributed by atoms with Crippen molar-refractivity contribution in [2.24, 2.45) is 5.92 Å². The highest BCUT2D eigenvalue weighted by atomic mass is 35.5. The summed E-state index contributed by atoms with van der Waals surface area (Å²) in [6.45, 7) is 1.99. The molecule has 88 valence electrons. The monoisotopic (exact) mass is 251 g/mol. The lowest BCUT2D eigenvalue weighted by Crippen LogP contribution is -2.51. The lowest BCUT2D eigenvalue weighted by molar-refractivity contribution is -0.124. The van der Waals surface area contributed by atoms with Crippen LogP contribution in [0.1, 0.15) is 39.0 Å². The van der Waals surface area contributed by atoms with Crippen LogP contribution in [0.3, 0.4) is 0 Å². The van der Waals surface area contributed by atoms with Crippen molar-refractivity contribution in [3.63, 3.8) is 0 Å². The highest BCUT2D eigenvalue weighted by Gasteiger charge is 2.29. The third kappa shape index (κ3) is 3.53. The molecule has 2 nitrogen and oxygen atoms in total. The second kappa shape index (κ2) is 5.95. The number of hydrogen-bond acceptors (Lipinski definition) is 1. The summed E-state index contributed by atoms with van der Waals surface area (Å²) in [7, 11) is 0. The lowest BCUT2D eigenvalue weighted by atomic mass is 9.82. The SMILES string of the molecule is CCC(CCl)(CCl)NC(=O)CC1CCC1. The Morgan fingerprint density at radius 2 is 2.00 bits per heavy atom. The Bertz CT molecular complexity index is 204. The number of hydrogen-bond donors (Lipinski definition) is 1. The summed E-state index contributed by atoms with van der Waals surface area (Å²) in [5.74, 6) is 1.44. The number of amides is 1. The minimum atomic E-state index is -0.413. The van der Waals surface area contributed by atoms with Gasteiger partial charge < -0.3 is 5.32 Å². The summed E-state index contributed by atoms with van der Waals surface area (Å²) in [5, 5.41) is 2.98. The highest BCUT2D eigenvalue weighted by molar-refractivity contribution is 6.22. The van der Waals surface area contributed by atoms with Gasteiger partial charge in [0.05, 0.1) is 5.54 Å². The smallest absolute Gasteiger partial charge is 0.220 e. The van der Waals surface area contributed by atoms with E-state index in [0.717, 1.165) is 6.42 Å². The molecule has 0 aromatic rings. The number of alkyl halides is 2. The molecule has 1 saturated carbocycles. The maximum atomic E-state index is 11.7. The van der Waals surface area contributed by atoms with Crippen LogP contribution in [0.2, 0.25) is 0 Å². The van der Waals surface area contributed by atoms with Crippen LogP contribution < -0.4 is 5.32 Å². The van der Waals surface area contributed by atoms with Gasteiger partial charge in [-0.15, -0.1) is 23.2 Å². The molecule has 15 heavy (non-hydrogen) atoms. The molecule has 1 aliphatic rings. The predicted molar refractivity (Wildman–Crippen MR) is 64.6 cm³/mol. The normalized spacial score (nSPS) is 17.3. The molecule has 1 rings (SSSR count). The van der Waals surface area contributed by atoms with E-state index in [0.29, 0.717) is 24.1 Å². The quantitative estimate of drug-likeness (QED) is 0.723. The molecule has 1 N–H and O–H groups in total. The third-order valence-electron chi connectivity index (χ3n) is 3.29. The zero-order valence-electron chi connectivity index (χ0n) is 9.19. The zero-order valence-corrected chi connectivity index (χ0v) is 10.7. The van der Waals surface area contributed by atoms with Crippen molar-refractivity contribution in [2.45, 2.75) is 44.6 Å². The van der Waals surface area contributed by atoms with Crippen molar-refractivity contribution >= 4 is 29.1 Å². The molecule has 0 heterocycles. The summed E-state index contributed by atoms with van der Waals surface area (Å²) in [6.07, 6.45) is 5.05. The minimum Gasteiger partial charge on any atom is -0.348 e. The summed E-state index contributed by atoms with van der Waals surface area (Å²) in [5.41, 5.74) is -0.413. The first-order valence-electron chi connectivity index (χ1n) is 5.58. The molecular weight excluding hydrogens is 233 g/mol. The number of carbonyl (C=O) groups is 1. The van der Waals surface area contributed by atoms with E-state index < -0.39 is 5.54 Å². The van der Waals surface area contributed by atoms with E-state index in [9.17, 15) is 4.79 Å². The first-order valence-corrected chi connectivity index (χ1v) is 6.65. The van der Waals surface area contributed by atoms with E-state index in [1.807, 2.05) is 6.92 Å². The van der Waals surface area contributed by atoms with Crippen molar-refractivity contribution in [1.82, 2.24) is 5.32 Å². The van der Waals surface area contributed by atoms with Gasteiger partial charge >= 0.3 is 0 Å². The van der Waals surface area contributed by atoms with Crippen molar-refractivity contribution in [2.75, 3.05) is 11.8 Å². The molecule has 0 atom stereocenters. The van der Waals surface area contributed by atoms with Crippen molar-refractivity contribution in [3.05, 3.63) is 0 Å². The van der Waals surface area contributed by atoms with Gasteiger partial charge in [0.15, 0.2) is 0 Å². The predicted octanol–water partition coefficient (Wildman–Crippen LogP) is 2.92. The lowest BCUT2D eigenvalue weighted by Gasteiger charge is -2.31. The average Bonchev–Trinajstić information content (AvgIpc) is 2.20. The molecule has 0 unspecified atom stereocenters. The molecule has 0 aliphatic heterocycles. The maximum Gasteiger partial charge on any atom is 0.220 e. The van der Waals surface area contributed by atoms with Crippen LogP contribution >= 0.6 is 23.2 Å². The van der Waals surface area contributed by atoms with Crippen LogP contribution in [0, 0.1) is 5.92 Å². The Hall–Kier alpha value is 0.0500. The highest BCUT2D eigenvalue weighted by Crippen LogP contribution is 2.29. The molecule has 0 aromatic heterocycles. The number of carbonyl (C=O) groups excluding carboxylic acids is 1. The minimum absolute atomic E-state index is 0.0999. The summed E-state index contributed by atoms with van der Waals surface area (Å²) < 4.78 is 0. The Morgan fingerprint density at radius 3 is 2.33 bits per heavy atom. The summed E-state index contributed by atoms with van der Waals surface area (Å²) in [4.78, 5) is 11.7. The first-order chi connectivity index (χ1) is 7.15. The Morgan fingerprint density at radius 1 is 1.40 bits per heavy atom. The van der Waals surface area contributed by atoms with Gasteiger partial charge in [-0.05, 0) is 25.2 Å². The topological polar surface area (TPSA) is 29.1 Å². The van der Waals surface area contributed by atoms with E-state index in [4.69, 9.17) is 23.2 Å². The van der Waals surface area contributed by atoms with Crippen LogP contribution in [0.15, 0.2) is 0 Å². The van der Waals surface area contributed by atoms with Gasteiger partial charge in [0.1, 0.15) is 0 Å². The molecule has 1 aliphatic carbocycles. The standard InChI is InChI=1S/C11H19Cl2NO/c1-2-11(7-12,8-13)14-10(15)6-9-4-3-5-9/h9H,2-8H2,1H3,(H,14,15). The van der Waals surface area contributed by atoms with Gasteiger partial charge in [-0.2, -0.15) is 0 Å². The number of halogens is 2. The maximum absolute atomic E-state index is 11.7. The molecule has 1 fully saturated rings. The Labute approximate surface area is 102 Å². The first kappa shape index (κ1) is 13.1. The summed E-state index contributed by atoms with van der Waals surface area (Å²) >= 11 is 11.7. The van der Waals surface area contributed by atoms with Crippen LogP contribution in [0.25, 0.3) is 0 Å². The van der Waals surface area contributed by atoms with Gasteiger partial charge in [0, 0.05) is 18.2 Å². The molecule has 0 spiro atoms. The van der Waals surface area contributed by atoms with Crippen molar-refractivity contribution in [3.8, 4) is 0 Å². The van der Waals surface area contributed by atoms with Crippen molar-refractivity contribution in [1.29, 1.82) is 0 Å². The molecule has 0 radical (unpaired) electrons. The molecule has 0 saturated heterocycles. The number of nitrogens with one attached hydrogen (secondary N) is 1. The molecule has 1 amide bonds. The molecular formula is C11H19Cl2NO. The van der Waals surface area contributed by atoms with E-state index in [1.165, 1.54) is 19.3 Å². The largest absolute Gasteiger partial charge is 0.348 e. The van der Waals surface area contributed by atoms with Gasteiger partial charge in [0.25, 0.3) is 0 Å². The average molecular weight is 252 g/mol. The van der Waals surface area contributed by atoms with Gasteiger partial charge in [0.2, 0.25) is 5.91 Å². The molecule has 4 heteroatoms. The summed E-state index contributed by atoms with van der Waals surface area (Å²) in [6, 6.07) is 0. The van der Waals surface area contributed by atoms with Gasteiger partial charge in [-0.1, -0.05) is 13.3 Å². The zero-order chi connectivity index (χ0) is 11.3. The van der Waals surface area contributed by atoms with E-state index >= 15 is 0 Å². The van der Waals surface area contributed by atoms with Gasteiger partial charge in [-0.3, -0.25) is 4.79 Å². The molecule has 0 aromatic carbocycles. The second-order valence-corrected chi connectivity index (χ2v) is 4.98. The van der Waals surface area contributed by atoms with E-state index in [2.05, 4.69) is 5.32 Å².